The van der Waals surface area contributed by atoms with Crippen molar-refractivity contribution >= 4 is 0 Å². The van der Waals surface area contributed by atoms with Gasteiger partial charge in [-0.3, -0.25) is 0 Å². The van der Waals surface area contributed by atoms with Crippen LogP contribution in [0.25, 0.3) is 0 Å². The van der Waals surface area contributed by atoms with Crippen molar-refractivity contribution in [2.45, 2.75) is 0 Å². The molecule has 0 spiro atoms. The summed E-state index contributed by atoms with van der Waals surface area (Å²) in [5.41, 5.74) is 0. The summed E-state index contributed by atoms with van der Waals surface area (Å²) in [6, 6.07) is 0. The number of nitrogens with zero attached hydrogens (tertiary/aromatic N) is 2. The first kappa shape index (κ1) is 6.54. The summed E-state index contributed by atoms with van der Waals surface area (Å²) in [6.07, 6.45) is 0. The maximum absolute atomic E-state index is 9.19. The molecule has 6 nitrogen and oxygen atoms in total. The van der Waals surface area contributed by atoms with E-state index in [-0.39, 0.29) is 0 Å². The van der Waals surface area contributed by atoms with Crippen LogP contribution in [0.15, 0.2) is 0 Å². The van der Waals surface area contributed by atoms with E-state index in [1.165, 1.54) is 0 Å². The standard InChI is InChI=1S/Ag.2NO2/c;2*2-1-3. The summed E-state index contributed by atoms with van der Waals surface area (Å²) in [5.74, 6) is 0. The summed E-state index contributed by atoms with van der Waals surface area (Å²) in [4.78, 5) is 18.4. The molecule has 0 aliphatic heterocycles. The van der Waals surface area contributed by atoms with Gasteiger partial charge in [0.2, 0.25) is 0 Å². The Morgan fingerprint density at radius 1 is 1.14 bits per heavy atom. The molecule has 0 amide bonds. The zero-order valence-electron chi connectivity index (χ0n) is 2.83. The van der Waals surface area contributed by atoms with Crippen LogP contribution in [-0.2, 0) is 20.3 Å². The molecular formula is AgN2O4. The maximum atomic E-state index is 9.19. The third-order valence-corrected chi connectivity index (χ3v) is 0.583. The van der Waals surface area contributed by atoms with Crippen LogP contribution in [0.1, 0.15) is 0 Å². The molecule has 0 unspecified atom stereocenters. The fourth-order valence-corrected chi connectivity index (χ4v) is 0.238. The van der Waals surface area contributed by atoms with E-state index in [0.717, 1.165) is 0 Å². The topological polar surface area (TPSA) is 86.3 Å². The molecule has 7 heteroatoms. The predicted octanol–water partition coefficient (Wildman–Crippen LogP) is -0.548. The van der Waals surface area contributed by atoms with Crippen molar-refractivity contribution < 1.29 is 26.9 Å². The second-order valence-electron chi connectivity index (χ2n) is 0.430. The van der Waals surface area contributed by atoms with Gasteiger partial charge in [-0.15, -0.1) is 0 Å². The predicted molar refractivity (Wildman–Crippen MR) is 14.0 cm³/mol. The molecule has 0 atom stereocenters. The molecule has 0 saturated heterocycles. The quantitative estimate of drug-likeness (QED) is 0.340. The van der Waals surface area contributed by atoms with Gasteiger partial charge in [0.15, 0.2) is 0 Å². The molecule has 45 valence electrons. The molecule has 0 aliphatic rings. The van der Waals surface area contributed by atoms with Crippen LogP contribution in [-0.4, -0.2) is 6.65 Å². The average molecular weight is 200 g/mol. The van der Waals surface area contributed by atoms with Crippen LogP contribution < -0.4 is 0 Å². The number of nitro groups is 2. The second kappa shape index (κ2) is 2.67. The van der Waals surface area contributed by atoms with Crippen molar-refractivity contribution in [1.82, 2.24) is 0 Å². The first-order chi connectivity index (χ1) is 3.13. The van der Waals surface area contributed by atoms with Crippen LogP contribution >= 0.6 is 0 Å². The van der Waals surface area contributed by atoms with Crippen molar-refractivity contribution in [2.24, 2.45) is 0 Å². The summed E-state index contributed by atoms with van der Waals surface area (Å²) < 4.78 is -1.94. The molecule has 0 N–H and O–H groups in total. The van der Waals surface area contributed by atoms with E-state index >= 15 is 0 Å². The Balaban J connectivity index is 3.32. The monoisotopic (exact) mass is 199 g/mol. The van der Waals surface area contributed by atoms with Crippen LogP contribution in [0.3, 0.4) is 0 Å². The van der Waals surface area contributed by atoms with Gasteiger partial charge in [-0.2, -0.15) is 0 Å². The van der Waals surface area contributed by atoms with Gasteiger partial charge in [0.1, 0.15) is 0 Å². The Hall–Kier alpha value is -0.460. The molecule has 0 radical (unpaired) electrons. The van der Waals surface area contributed by atoms with Crippen molar-refractivity contribution in [2.75, 3.05) is 0 Å². The van der Waals surface area contributed by atoms with Gasteiger partial charge in [-0.1, -0.05) is 0 Å². The third-order valence-electron chi connectivity index (χ3n) is 0.0985. The third kappa shape index (κ3) is 5.54. The normalized spacial score (nSPS) is 8.57. The van der Waals surface area contributed by atoms with Gasteiger partial charge in [-0.05, 0) is 0 Å². The molecule has 0 aromatic heterocycles. The summed E-state index contributed by atoms with van der Waals surface area (Å²) in [5, 5.41) is 18.4. The number of hydrogen-bond donors (Lipinski definition) is 0. The van der Waals surface area contributed by atoms with E-state index < -0.39 is 26.9 Å². The zero-order chi connectivity index (χ0) is 5.86. The van der Waals surface area contributed by atoms with Crippen molar-refractivity contribution in [3.8, 4) is 0 Å². The van der Waals surface area contributed by atoms with E-state index in [4.69, 9.17) is 0 Å². The molecule has 0 rings (SSSR count). The Bertz CT molecular complexity index is 85.9. The molecular weight excluding hydrogens is 200 g/mol. The Labute approximate surface area is 47.8 Å². The van der Waals surface area contributed by atoms with Gasteiger partial charge in [0, 0.05) is 0 Å². The summed E-state index contributed by atoms with van der Waals surface area (Å²) in [7, 11) is 0. The van der Waals surface area contributed by atoms with Crippen molar-refractivity contribution in [3.05, 3.63) is 20.2 Å². The summed E-state index contributed by atoms with van der Waals surface area (Å²) in [6.45, 7) is 0. The average Bonchev–Trinajstić information content (AvgIpc) is 1.27. The molecule has 0 fully saturated rings. The first-order valence-corrected chi connectivity index (χ1v) is 2.33. The fourth-order valence-electron chi connectivity index (χ4n) is 0.0402. The fraction of sp³-hybridized carbons (Fsp3) is 0. The van der Waals surface area contributed by atoms with Crippen LogP contribution in [0.2, 0.25) is 0 Å². The summed E-state index contributed by atoms with van der Waals surface area (Å²) >= 11 is -1.43. The second-order valence-corrected chi connectivity index (χ2v) is 1.81. The zero-order valence-corrected chi connectivity index (χ0v) is 4.31. The molecule has 0 heterocycles. The molecule has 0 saturated carbocycles. The van der Waals surface area contributed by atoms with Crippen LogP contribution in [0.5, 0.6) is 0 Å². The molecule has 0 aliphatic carbocycles. The van der Waals surface area contributed by atoms with Crippen molar-refractivity contribution in [3.63, 3.8) is 0 Å². The molecule has 7 heavy (non-hydrogen) atoms. The Morgan fingerprint density at radius 2 is 1.43 bits per heavy atom. The number of hydrogen-bond acceptors (Lipinski definition) is 4. The van der Waals surface area contributed by atoms with Gasteiger partial charge < -0.3 is 0 Å². The Kier molecular flexibility index (Phi) is 2.49. The van der Waals surface area contributed by atoms with E-state index in [9.17, 15) is 20.2 Å². The SMILES string of the molecule is O=[N+]([O-])[Ag][N+](=O)[O-]. The van der Waals surface area contributed by atoms with Crippen molar-refractivity contribution in [1.29, 1.82) is 0 Å². The van der Waals surface area contributed by atoms with Gasteiger partial charge in [0.25, 0.3) is 0 Å². The minimum atomic E-state index is -1.43. The van der Waals surface area contributed by atoms with E-state index in [1.54, 1.807) is 0 Å². The Morgan fingerprint density at radius 3 is 1.43 bits per heavy atom. The van der Waals surface area contributed by atoms with Gasteiger partial charge >= 0.3 is 47.2 Å². The van der Waals surface area contributed by atoms with E-state index in [2.05, 4.69) is 0 Å². The number of rotatable bonds is 2. The molecule has 0 bridgehead atoms. The first-order valence-electron chi connectivity index (χ1n) is 1.000. The van der Waals surface area contributed by atoms with E-state index in [0.29, 0.717) is 0 Å². The molecule has 0 aromatic carbocycles. The van der Waals surface area contributed by atoms with E-state index in [1.807, 2.05) is 0 Å². The minimum absolute atomic E-state index is 0.970. The van der Waals surface area contributed by atoms with Gasteiger partial charge in [0.05, 0.1) is 0 Å². The van der Waals surface area contributed by atoms with Crippen LogP contribution in [0, 0.1) is 20.2 Å². The van der Waals surface area contributed by atoms with Gasteiger partial charge in [-0.25, -0.2) is 0 Å². The van der Waals surface area contributed by atoms with Crippen LogP contribution in [0.4, 0.5) is 0 Å². The molecule has 0 aromatic rings.